The molecule has 1 aliphatic heterocycles. The van der Waals surface area contributed by atoms with Gasteiger partial charge in [0.15, 0.2) is 12.2 Å². The van der Waals surface area contributed by atoms with Crippen molar-refractivity contribution >= 4 is 35.8 Å². The molecule has 40 heavy (non-hydrogen) atoms. The first kappa shape index (κ1) is 34.5. The molecule has 13 heteroatoms. The summed E-state index contributed by atoms with van der Waals surface area (Å²) in [5.41, 5.74) is 0. The number of carbonyl (C=O) groups is 6. The molecule has 226 valence electrons. The van der Waals surface area contributed by atoms with Crippen molar-refractivity contribution in [3.63, 3.8) is 0 Å². The third kappa shape index (κ3) is 12.1. The van der Waals surface area contributed by atoms with Crippen LogP contribution in [0.3, 0.4) is 0 Å². The average Bonchev–Trinajstić information content (AvgIpc) is 2.90. The van der Waals surface area contributed by atoms with E-state index >= 15 is 0 Å². The SMILES string of the molecule is CCCC(=O)OC[C@H]1O[C@H](OC(=O)/C=C/C(=O)OC)[C@@H](OC(=O)CCC)[C@@H](OC(=O)CCC)[C@@H]1OC(=O)CCC. The van der Waals surface area contributed by atoms with Gasteiger partial charge in [0, 0.05) is 37.8 Å². The van der Waals surface area contributed by atoms with E-state index in [4.69, 9.17) is 28.4 Å². The van der Waals surface area contributed by atoms with Crippen LogP contribution in [0.15, 0.2) is 12.2 Å². The molecule has 0 aromatic heterocycles. The van der Waals surface area contributed by atoms with Crippen LogP contribution in [0.2, 0.25) is 0 Å². The van der Waals surface area contributed by atoms with Crippen molar-refractivity contribution in [3.8, 4) is 0 Å². The topological polar surface area (TPSA) is 167 Å². The molecule has 1 fully saturated rings. The van der Waals surface area contributed by atoms with Crippen molar-refractivity contribution in [2.45, 2.75) is 110 Å². The highest BCUT2D eigenvalue weighted by molar-refractivity contribution is 5.91. The van der Waals surface area contributed by atoms with Gasteiger partial charge >= 0.3 is 35.8 Å². The summed E-state index contributed by atoms with van der Waals surface area (Å²) in [6.45, 7) is 6.57. The molecular formula is C27H40O13. The van der Waals surface area contributed by atoms with Crippen molar-refractivity contribution in [1.82, 2.24) is 0 Å². The van der Waals surface area contributed by atoms with Crippen LogP contribution in [0, 0.1) is 0 Å². The van der Waals surface area contributed by atoms with Gasteiger partial charge in [0.25, 0.3) is 0 Å². The van der Waals surface area contributed by atoms with Gasteiger partial charge in [-0.3, -0.25) is 19.2 Å². The van der Waals surface area contributed by atoms with E-state index in [2.05, 4.69) is 4.74 Å². The van der Waals surface area contributed by atoms with Crippen LogP contribution < -0.4 is 0 Å². The van der Waals surface area contributed by atoms with Gasteiger partial charge in [0.1, 0.15) is 12.7 Å². The smallest absolute Gasteiger partial charge is 0.333 e. The van der Waals surface area contributed by atoms with E-state index in [1.165, 1.54) is 0 Å². The van der Waals surface area contributed by atoms with E-state index in [0.717, 1.165) is 19.3 Å². The maximum atomic E-state index is 12.6. The number of rotatable bonds is 16. The first-order valence-corrected chi connectivity index (χ1v) is 13.5. The lowest BCUT2D eigenvalue weighted by molar-refractivity contribution is -0.300. The molecule has 0 aromatic rings. The van der Waals surface area contributed by atoms with Crippen LogP contribution in [0.5, 0.6) is 0 Å². The average molecular weight is 573 g/mol. The fourth-order valence-electron chi connectivity index (χ4n) is 3.56. The fourth-order valence-corrected chi connectivity index (χ4v) is 3.56. The lowest BCUT2D eigenvalue weighted by atomic mass is 9.97. The van der Waals surface area contributed by atoms with Crippen molar-refractivity contribution in [3.05, 3.63) is 12.2 Å². The summed E-state index contributed by atoms with van der Waals surface area (Å²) in [7, 11) is 1.12. The van der Waals surface area contributed by atoms with E-state index in [1.54, 1.807) is 27.7 Å². The molecule has 1 rings (SSSR count). The zero-order valence-corrected chi connectivity index (χ0v) is 23.7. The lowest BCUT2D eigenvalue weighted by Gasteiger charge is -2.43. The monoisotopic (exact) mass is 572 g/mol. The predicted molar refractivity (Wildman–Crippen MR) is 136 cm³/mol. The number of esters is 6. The van der Waals surface area contributed by atoms with Crippen molar-refractivity contribution in [1.29, 1.82) is 0 Å². The van der Waals surface area contributed by atoms with Gasteiger partial charge in [-0.2, -0.15) is 0 Å². The normalized spacial score (nSPS) is 22.2. The largest absolute Gasteiger partial charge is 0.466 e. The molecule has 1 saturated heterocycles. The minimum Gasteiger partial charge on any atom is -0.466 e. The summed E-state index contributed by atoms with van der Waals surface area (Å²) in [6, 6.07) is 0. The van der Waals surface area contributed by atoms with E-state index in [9.17, 15) is 28.8 Å². The summed E-state index contributed by atoms with van der Waals surface area (Å²) in [5.74, 6) is -4.54. The lowest BCUT2D eigenvalue weighted by Crippen LogP contribution is -2.63. The van der Waals surface area contributed by atoms with Gasteiger partial charge in [-0.25, -0.2) is 9.59 Å². The molecule has 1 aliphatic rings. The molecule has 0 radical (unpaired) electrons. The number of methoxy groups -OCH3 is 1. The fraction of sp³-hybridized carbons (Fsp3) is 0.704. The summed E-state index contributed by atoms with van der Waals surface area (Å²) >= 11 is 0. The summed E-state index contributed by atoms with van der Waals surface area (Å²) < 4.78 is 37.7. The molecular weight excluding hydrogens is 532 g/mol. The summed E-state index contributed by atoms with van der Waals surface area (Å²) in [5, 5.41) is 0. The van der Waals surface area contributed by atoms with Crippen molar-refractivity contribution < 1.29 is 61.9 Å². The highest BCUT2D eigenvalue weighted by atomic mass is 16.7. The maximum absolute atomic E-state index is 12.6. The number of hydrogen-bond acceptors (Lipinski definition) is 13. The van der Waals surface area contributed by atoms with E-state index < -0.39 is 73.1 Å². The van der Waals surface area contributed by atoms with Crippen LogP contribution in [0.1, 0.15) is 79.1 Å². The standard InChI is InChI=1S/C27H40O13/c1-6-10-19(29)35-16-17-24(37-20(30)11-7-2)25(38-21(31)12-8-3)26(39-22(32)13-9-4)27(36-17)40-23(33)15-14-18(28)34-5/h14-15,17,24-27H,6-13,16H2,1-5H3/b15-14+/t17-,24-,25+,26+,27-/m1/s1. The Balaban J connectivity index is 3.52. The van der Waals surface area contributed by atoms with E-state index in [-0.39, 0.29) is 25.7 Å². The third-order valence-corrected chi connectivity index (χ3v) is 5.41. The Bertz CT molecular complexity index is 897. The Hall–Kier alpha value is -3.48. The summed E-state index contributed by atoms with van der Waals surface area (Å²) in [6.07, 6.45) is -3.90. The minimum atomic E-state index is -1.69. The first-order chi connectivity index (χ1) is 19.1. The zero-order chi connectivity index (χ0) is 30.1. The van der Waals surface area contributed by atoms with Gasteiger partial charge < -0.3 is 33.2 Å². The zero-order valence-electron chi connectivity index (χ0n) is 23.7. The number of ether oxygens (including phenoxy) is 7. The van der Waals surface area contributed by atoms with Gasteiger partial charge in [0.2, 0.25) is 12.4 Å². The summed E-state index contributed by atoms with van der Waals surface area (Å²) in [4.78, 5) is 73.7. The quantitative estimate of drug-likeness (QED) is 0.150. The number of hydrogen-bond donors (Lipinski definition) is 0. The van der Waals surface area contributed by atoms with Gasteiger partial charge in [0.05, 0.1) is 7.11 Å². The predicted octanol–water partition coefficient (Wildman–Crippen LogP) is 2.46. The van der Waals surface area contributed by atoms with Gasteiger partial charge in [-0.1, -0.05) is 27.7 Å². The Morgan fingerprint density at radius 2 is 1.05 bits per heavy atom. The van der Waals surface area contributed by atoms with Crippen LogP contribution in [-0.2, 0) is 61.9 Å². The van der Waals surface area contributed by atoms with Gasteiger partial charge in [-0.15, -0.1) is 0 Å². The molecule has 0 saturated carbocycles. The molecule has 1 heterocycles. The van der Waals surface area contributed by atoms with E-state index in [1.807, 2.05) is 0 Å². The highest BCUT2D eigenvalue weighted by Gasteiger charge is 2.54. The third-order valence-electron chi connectivity index (χ3n) is 5.41. The second-order valence-electron chi connectivity index (χ2n) is 8.88. The molecule has 0 bridgehead atoms. The first-order valence-electron chi connectivity index (χ1n) is 13.5. The van der Waals surface area contributed by atoms with Crippen molar-refractivity contribution in [2.75, 3.05) is 13.7 Å². The molecule has 0 unspecified atom stereocenters. The second-order valence-corrected chi connectivity index (χ2v) is 8.88. The van der Waals surface area contributed by atoms with Crippen LogP contribution in [-0.4, -0.2) is 80.2 Å². The molecule has 13 nitrogen and oxygen atoms in total. The van der Waals surface area contributed by atoms with E-state index in [0.29, 0.717) is 25.7 Å². The minimum absolute atomic E-state index is 0.00885. The Labute approximate surface area is 233 Å². The Kier molecular flexibility index (Phi) is 16.2. The van der Waals surface area contributed by atoms with Crippen molar-refractivity contribution in [2.24, 2.45) is 0 Å². The van der Waals surface area contributed by atoms with Crippen LogP contribution in [0.4, 0.5) is 0 Å². The van der Waals surface area contributed by atoms with Crippen LogP contribution >= 0.6 is 0 Å². The number of carbonyl (C=O) groups excluding carboxylic acids is 6. The maximum Gasteiger partial charge on any atom is 0.333 e. The molecule has 0 amide bonds. The van der Waals surface area contributed by atoms with Crippen LogP contribution in [0.25, 0.3) is 0 Å². The molecule has 0 N–H and O–H groups in total. The molecule has 0 spiro atoms. The second kappa shape index (κ2) is 18.7. The molecule has 0 aromatic carbocycles. The molecule has 5 atom stereocenters. The Morgan fingerprint density at radius 3 is 1.55 bits per heavy atom. The molecule has 0 aliphatic carbocycles. The Morgan fingerprint density at radius 1 is 0.600 bits per heavy atom. The van der Waals surface area contributed by atoms with Gasteiger partial charge in [-0.05, 0) is 25.7 Å². The highest BCUT2D eigenvalue weighted by Crippen LogP contribution is 2.31.